The molecule has 0 spiro atoms. The summed E-state index contributed by atoms with van der Waals surface area (Å²) in [6, 6.07) is 58.2. The van der Waals surface area contributed by atoms with Crippen molar-refractivity contribution < 1.29 is 32.8 Å². The van der Waals surface area contributed by atoms with Gasteiger partial charge >= 0.3 is 6.09 Å². The second-order valence-electron chi connectivity index (χ2n) is 25.2. The van der Waals surface area contributed by atoms with Gasteiger partial charge in [0.05, 0.1) is 24.6 Å². The van der Waals surface area contributed by atoms with Crippen LogP contribution in [0.5, 0.6) is 11.5 Å². The largest absolute Gasteiger partial charge is 0.541 e. The van der Waals surface area contributed by atoms with Crippen molar-refractivity contribution in [2.75, 3.05) is 13.2 Å². The number of aromatic nitrogens is 2. The molecule has 8 aromatic rings. The second-order valence-corrected chi connectivity index (χ2v) is 34.6. The van der Waals surface area contributed by atoms with Crippen molar-refractivity contribution in [3.63, 3.8) is 0 Å². The highest BCUT2D eigenvalue weighted by molar-refractivity contribution is 6.75. The number of rotatable bonds is 21. The number of hydrogen-bond donors (Lipinski definition) is 3. The first kappa shape index (κ1) is 61.9. The Balaban J connectivity index is 1.09. The summed E-state index contributed by atoms with van der Waals surface area (Å²) in [5.74, 6) is -2.04. The van der Waals surface area contributed by atoms with Crippen LogP contribution in [0.25, 0.3) is 17.2 Å². The zero-order valence-corrected chi connectivity index (χ0v) is 53.0. The fourth-order valence-corrected chi connectivity index (χ4v) is 12.5. The Morgan fingerprint density at radius 3 is 1.64 bits per heavy atom. The normalized spacial score (nSPS) is 13.5. The second kappa shape index (κ2) is 25.9. The van der Waals surface area contributed by atoms with Gasteiger partial charge in [-0.25, -0.2) is 14.7 Å². The fourth-order valence-electron chi connectivity index (χ4n) is 10.5. The Bertz CT molecular complexity index is 3550. The maximum absolute atomic E-state index is 15.7. The molecule has 7 aromatic carbocycles. The van der Waals surface area contributed by atoms with Gasteiger partial charge in [0.2, 0.25) is 0 Å². The van der Waals surface area contributed by atoms with E-state index in [1.165, 1.54) is 0 Å². The van der Waals surface area contributed by atoms with Gasteiger partial charge in [-0.15, -0.1) is 0 Å². The number of nitrogens with one attached hydrogen (secondary N) is 2. The third kappa shape index (κ3) is 13.6. The van der Waals surface area contributed by atoms with Crippen molar-refractivity contribution in [3.05, 3.63) is 251 Å². The van der Waals surface area contributed by atoms with Gasteiger partial charge < -0.3 is 34.5 Å². The molecule has 1 aliphatic rings. The van der Waals surface area contributed by atoms with Crippen LogP contribution in [-0.4, -0.2) is 80.1 Å². The van der Waals surface area contributed by atoms with E-state index in [1.807, 2.05) is 162 Å². The van der Waals surface area contributed by atoms with Crippen LogP contribution in [0.2, 0.25) is 36.3 Å². The van der Waals surface area contributed by atoms with Crippen LogP contribution >= 0.6 is 0 Å². The summed E-state index contributed by atoms with van der Waals surface area (Å²) in [5, 5.41) is 5.53. The number of benzene rings is 7. The summed E-state index contributed by atoms with van der Waals surface area (Å²) in [7, 11) is -4.82. The molecule has 0 aliphatic heterocycles. The van der Waals surface area contributed by atoms with E-state index in [4.69, 9.17) is 24.3 Å². The summed E-state index contributed by atoms with van der Waals surface area (Å²) < 4.78 is 21.9. The average Bonchev–Trinajstić information content (AvgIpc) is 1.42. The molecule has 0 unspecified atom stereocenters. The molecule has 444 valence electrons. The third-order valence-corrected chi connectivity index (χ3v) is 25.9. The molecule has 0 fully saturated rings. The number of nitrogens with two attached hydrogens (primary N) is 1. The predicted octanol–water partition coefficient (Wildman–Crippen LogP) is 13.7. The molecule has 1 aliphatic carbocycles. The molecule has 9 rings (SSSR count). The zero-order valence-electron chi connectivity index (χ0n) is 51.0. The zero-order chi connectivity index (χ0) is 61.4. The maximum atomic E-state index is 15.7. The van der Waals surface area contributed by atoms with Crippen molar-refractivity contribution in [3.8, 4) is 22.6 Å². The van der Waals surface area contributed by atoms with E-state index in [-0.39, 0.29) is 35.4 Å². The minimum absolute atomic E-state index is 0.0614. The summed E-state index contributed by atoms with van der Waals surface area (Å²) in [4.78, 5) is 65.9. The molecule has 0 saturated carbocycles. The van der Waals surface area contributed by atoms with Gasteiger partial charge in [-0.05, 0) is 117 Å². The molecule has 0 bridgehead atoms. The summed E-state index contributed by atoms with van der Waals surface area (Å²) in [5.41, 5.74) is 14.7. The third-order valence-electron chi connectivity index (χ3n) is 17.2. The Kier molecular flexibility index (Phi) is 18.7. The maximum Gasteiger partial charge on any atom is 0.407 e. The minimum Gasteiger partial charge on any atom is -0.541 e. The van der Waals surface area contributed by atoms with Gasteiger partial charge in [0.1, 0.15) is 29.7 Å². The number of nitrogens with zero attached hydrogens (tertiary/aromatic N) is 3. The van der Waals surface area contributed by atoms with E-state index in [0.717, 1.165) is 44.5 Å². The lowest BCUT2D eigenvalue weighted by Crippen LogP contribution is -2.58. The molecule has 86 heavy (non-hydrogen) atoms. The predicted molar refractivity (Wildman–Crippen MR) is 347 cm³/mol. The van der Waals surface area contributed by atoms with Crippen molar-refractivity contribution in [2.45, 2.75) is 114 Å². The number of alkyl carbamates (subject to hydrolysis) is 1. The van der Waals surface area contributed by atoms with Crippen molar-refractivity contribution in [1.82, 2.24) is 25.1 Å². The Hall–Kier alpha value is -8.64. The van der Waals surface area contributed by atoms with Crippen molar-refractivity contribution in [1.29, 1.82) is 0 Å². The lowest BCUT2D eigenvalue weighted by molar-refractivity contribution is -0.155. The molecular formula is C71H80N6O7Si2. The Morgan fingerprint density at radius 1 is 0.628 bits per heavy atom. The first-order chi connectivity index (χ1) is 41.0. The first-order valence-corrected chi connectivity index (χ1v) is 35.2. The van der Waals surface area contributed by atoms with Crippen LogP contribution in [0.4, 0.5) is 4.79 Å². The summed E-state index contributed by atoms with van der Waals surface area (Å²) in [6.07, 6.45) is 5.62. The molecule has 1 heterocycles. The van der Waals surface area contributed by atoms with Gasteiger partial charge in [-0.1, -0.05) is 217 Å². The van der Waals surface area contributed by atoms with Gasteiger partial charge in [0, 0.05) is 18.5 Å². The number of amides is 4. The smallest absolute Gasteiger partial charge is 0.407 e. The summed E-state index contributed by atoms with van der Waals surface area (Å²) in [6.45, 7) is 21.1. The van der Waals surface area contributed by atoms with Crippen LogP contribution < -0.4 is 25.2 Å². The van der Waals surface area contributed by atoms with E-state index in [1.54, 1.807) is 18.6 Å². The number of imidazole rings is 1. The van der Waals surface area contributed by atoms with Crippen LogP contribution in [0.15, 0.2) is 207 Å². The lowest BCUT2D eigenvalue weighted by atomic mass is 9.77. The number of carbonyl (C=O) groups excluding carboxylic acids is 4. The number of ether oxygens (including phenoxy) is 1. The van der Waals surface area contributed by atoms with Gasteiger partial charge in [0.15, 0.2) is 0 Å². The minimum atomic E-state index is -2.46. The molecule has 2 atom stereocenters. The van der Waals surface area contributed by atoms with Gasteiger partial charge in [-0.3, -0.25) is 14.4 Å². The van der Waals surface area contributed by atoms with Crippen LogP contribution in [-0.2, 0) is 37.5 Å². The SMILES string of the molecule is CC(C)(C)[Si](C)(C)Oc1ccc(C[C@H](N)C(=O)N(C(=O)CN/C=C\c2ccccc2)C(=O)[C@H](Cc2cn(C(c3ccccc3)(c3ccccc3)c3ccccc3)cn2)NC(=O)OCC2c3ccccc3-c3ccccc32)cc1O[Si](C)(C)C(C)(C)C. The van der Waals surface area contributed by atoms with E-state index in [2.05, 4.69) is 115 Å². The van der Waals surface area contributed by atoms with Crippen molar-refractivity contribution in [2.24, 2.45) is 5.73 Å². The quantitative estimate of drug-likeness (QED) is 0.0465. The van der Waals surface area contributed by atoms with Gasteiger partial charge in [0.25, 0.3) is 34.4 Å². The monoisotopic (exact) mass is 1180 g/mol. The van der Waals surface area contributed by atoms with Gasteiger partial charge in [-0.2, -0.15) is 0 Å². The number of hydrogen-bond acceptors (Lipinski definition) is 10. The fraction of sp³-hybridized carbons (Fsp3) is 0.282. The molecule has 4 amide bonds. The van der Waals surface area contributed by atoms with Crippen molar-refractivity contribution >= 4 is 46.5 Å². The number of carbonyl (C=O) groups is 4. The Labute approximate surface area is 508 Å². The van der Waals surface area contributed by atoms with E-state index in [0.29, 0.717) is 27.7 Å². The van der Waals surface area contributed by atoms with Crippen LogP contribution in [0.3, 0.4) is 0 Å². The molecule has 0 radical (unpaired) electrons. The van der Waals surface area contributed by atoms with E-state index < -0.39 is 64.6 Å². The standard InChI is InChI=1S/C71H80N6O7Si2/c1-69(2,3)85(7,8)83-63-40-39-51(44-64(63)84-86(9,10)70(4,5)6)43-61(72)66(79)77(65(78)46-73-42-41-50-27-15-11-16-28-50)67(80)62(75-68(81)82-48-60-58-37-25-23-35-56(58)57-36-24-26-38-59(57)60)45-55-47-76(49-74-55)71(52-29-17-12-18-30-52,53-31-19-13-20-32-53)54-33-21-14-22-34-54/h11-42,44,47,49,60-62,73H,43,45-46,48,72H2,1-10H3,(H,75,81)/b42-41-/t61-,62-/m0/s1. The topological polar surface area (TPSA) is 167 Å². The van der Waals surface area contributed by atoms with Crippen LogP contribution in [0, 0.1) is 0 Å². The highest BCUT2D eigenvalue weighted by atomic mass is 28.4. The number of imide groups is 3. The highest BCUT2D eigenvalue weighted by Crippen LogP contribution is 2.46. The molecular weight excluding hydrogens is 1100 g/mol. The molecule has 1 aromatic heterocycles. The van der Waals surface area contributed by atoms with Crippen LogP contribution in [0.1, 0.15) is 92.1 Å². The van der Waals surface area contributed by atoms with E-state index >= 15 is 9.59 Å². The highest BCUT2D eigenvalue weighted by Gasteiger charge is 2.44. The lowest BCUT2D eigenvalue weighted by Gasteiger charge is -2.39. The average molecular weight is 1190 g/mol. The summed E-state index contributed by atoms with van der Waals surface area (Å²) >= 11 is 0. The molecule has 15 heteroatoms. The first-order valence-electron chi connectivity index (χ1n) is 29.4. The number of fused-ring (bicyclic) bond motifs is 3. The Morgan fingerprint density at radius 2 is 1.12 bits per heavy atom. The molecule has 4 N–H and O–H groups in total. The molecule has 13 nitrogen and oxygen atoms in total. The van der Waals surface area contributed by atoms with E-state index in [9.17, 15) is 9.59 Å². The molecule has 0 saturated heterocycles.